The van der Waals surface area contributed by atoms with Crippen LogP contribution in [0.25, 0.3) is 0 Å². The zero-order chi connectivity index (χ0) is 15.9. The van der Waals surface area contributed by atoms with Gasteiger partial charge < -0.3 is 9.47 Å². The summed E-state index contributed by atoms with van der Waals surface area (Å²) < 4.78 is 9.80. The van der Waals surface area contributed by atoms with E-state index in [1.807, 2.05) is 6.07 Å². The van der Waals surface area contributed by atoms with Gasteiger partial charge >= 0.3 is 11.9 Å². The smallest absolute Gasteiger partial charge is 0.343 e. The molecule has 2 aromatic carbocycles. The van der Waals surface area contributed by atoms with Gasteiger partial charge in [0.15, 0.2) is 0 Å². The highest BCUT2D eigenvalue weighted by Gasteiger charge is 2.10. The standard InChI is InChI=1S/C17H13NO4/c1-21-16(19)10-12-5-7-15(8-6-12)22-17(20)14-4-2-3-13(9-14)11-18/h2-9H,10H2,1H3. The largest absolute Gasteiger partial charge is 0.469 e. The third-order valence-corrected chi connectivity index (χ3v) is 2.94. The van der Waals surface area contributed by atoms with Crippen molar-refractivity contribution in [3.05, 3.63) is 65.2 Å². The SMILES string of the molecule is COC(=O)Cc1ccc(OC(=O)c2cccc(C#N)c2)cc1. The lowest BCUT2D eigenvalue weighted by Gasteiger charge is -2.06. The molecule has 0 aliphatic carbocycles. The van der Waals surface area contributed by atoms with Crippen LogP contribution < -0.4 is 4.74 Å². The first-order chi connectivity index (χ1) is 10.6. The van der Waals surface area contributed by atoms with Crippen LogP contribution in [0.1, 0.15) is 21.5 Å². The quantitative estimate of drug-likeness (QED) is 0.640. The minimum absolute atomic E-state index is 0.162. The monoisotopic (exact) mass is 295 g/mol. The van der Waals surface area contributed by atoms with Crippen molar-refractivity contribution < 1.29 is 19.1 Å². The number of nitriles is 1. The van der Waals surface area contributed by atoms with Gasteiger partial charge in [0.25, 0.3) is 0 Å². The molecule has 0 aromatic heterocycles. The van der Waals surface area contributed by atoms with Gasteiger partial charge in [-0.05, 0) is 35.9 Å². The van der Waals surface area contributed by atoms with Crippen LogP contribution in [-0.4, -0.2) is 19.0 Å². The molecule has 0 heterocycles. The summed E-state index contributed by atoms with van der Waals surface area (Å²) in [6, 6.07) is 14.8. The van der Waals surface area contributed by atoms with E-state index in [1.54, 1.807) is 42.5 Å². The van der Waals surface area contributed by atoms with E-state index in [0.29, 0.717) is 16.9 Å². The van der Waals surface area contributed by atoms with E-state index >= 15 is 0 Å². The van der Waals surface area contributed by atoms with Gasteiger partial charge in [-0.2, -0.15) is 5.26 Å². The van der Waals surface area contributed by atoms with Crippen molar-refractivity contribution in [2.45, 2.75) is 6.42 Å². The Labute approximate surface area is 127 Å². The molecule has 0 saturated carbocycles. The number of nitrogens with zero attached hydrogens (tertiary/aromatic N) is 1. The Morgan fingerprint density at radius 1 is 1.14 bits per heavy atom. The van der Waals surface area contributed by atoms with E-state index in [2.05, 4.69) is 4.74 Å². The summed E-state index contributed by atoms with van der Waals surface area (Å²) in [4.78, 5) is 23.1. The summed E-state index contributed by atoms with van der Waals surface area (Å²) in [5.41, 5.74) is 1.46. The second-order valence-corrected chi connectivity index (χ2v) is 4.48. The first-order valence-corrected chi connectivity index (χ1v) is 6.50. The molecule has 110 valence electrons. The number of ether oxygens (including phenoxy) is 2. The predicted molar refractivity (Wildman–Crippen MR) is 78.3 cm³/mol. The fraction of sp³-hybridized carbons (Fsp3) is 0.118. The highest BCUT2D eigenvalue weighted by atomic mass is 16.5. The minimum Gasteiger partial charge on any atom is -0.469 e. The molecule has 0 amide bonds. The van der Waals surface area contributed by atoms with Crippen molar-refractivity contribution in [2.24, 2.45) is 0 Å². The molecule has 2 rings (SSSR count). The van der Waals surface area contributed by atoms with E-state index in [1.165, 1.54) is 13.2 Å². The van der Waals surface area contributed by atoms with Crippen LogP contribution in [0.3, 0.4) is 0 Å². The summed E-state index contributed by atoms with van der Waals surface area (Å²) in [6.45, 7) is 0. The summed E-state index contributed by atoms with van der Waals surface area (Å²) >= 11 is 0. The summed E-state index contributed by atoms with van der Waals surface area (Å²) in [5, 5.41) is 8.82. The zero-order valence-electron chi connectivity index (χ0n) is 11.9. The Hall–Kier alpha value is -3.13. The topological polar surface area (TPSA) is 76.4 Å². The third kappa shape index (κ3) is 3.93. The Bertz CT molecular complexity index is 729. The van der Waals surface area contributed by atoms with Crippen molar-refractivity contribution in [1.82, 2.24) is 0 Å². The third-order valence-electron chi connectivity index (χ3n) is 2.94. The van der Waals surface area contributed by atoms with Crippen molar-refractivity contribution in [3.63, 3.8) is 0 Å². The fourth-order valence-corrected chi connectivity index (χ4v) is 1.80. The molecule has 0 spiro atoms. The maximum atomic E-state index is 12.0. The molecule has 0 saturated heterocycles. The number of methoxy groups -OCH3 is 1. The number of benzene rings is 2. The lowest BCUT2D eigenvalue weighted by molar-refractivity contribution is -0.139. The van der Waals surface area contributed by atoms with Crippen LogP contribution >= 0.6 is 0 Å². The Morgan fingerprint density at radius 3 is 2.50 bits per heavy atom. The summed E-state index contributed by atoms with van der Waals surface area (Å²) in [6.07, 6.45) is 0.162. The van der Waals surface area contributed by atoms with E-state index in [0.717, 1.165) is 5.56 Å². The van der Waals surface area contributed by atoms with Crippen molar-refractivity contribution in [1.29, 1.82) is 5.26 Å². The lowest BCUT2D eigenvalue weighted by Crippen LogP contribution is -2.09. The molecule has 0 unspecified atom stereocenters. The summed E-state index contributed by atoms with van der Waals surface area (Å²) in [5.74, 6) is -0.517. The maximum Gasteiger partial charge on any atom is 0.343 e. The minimum atomic E-state index is -0.544. The second-order valence-electron chi connectivity index (χ2n) is 4.48. The number of rotatable bonds is 4. The van der Waals surface area contributed by atoms with Gasteiger partial charge in [0, 0.05) is 0 Å². The first-order valence-electron chi connectivity index (χ1n) is 6.50. The number of hydrogen-bond acceptors (Lipinski definition) is 5. The average Bonchev–Trinajstić information content (AvgIpc) is 2.56. The van der Waals surface area contributed by atoms with Gasteiger partial charge in [-0.15, -0.1) is 0 Å². The molecule has 0 fully saturated rings. The molecule has 0 N–H and O–H groups in total. The Kier molecular flexibility index (Phi) is 4.89. The molecule has 5 heteroatoms. The van der Waals surface area contributed by atoms with Crippen LogP contribution in [0, 0.1) is 11.3 Å². The molecule has 0 bridgehead atoms. The molecule has 5 nitrogen and oxygen atoms in total. The molecule has 0 atom stereocenters. The van der Waals surface area contributed by atoms with Crippen LogP contribution in [0.15, 0.2) is 48.5 Å². The molecule has 22 heavy (non-hydrogen) atoms. The van der Waals surface area contributed by atoms with Crippen LogP contribution in [0.5, 0.6) is 5.75 Å². The second kappa shape index (κ2) is 7.04. The summed E-state index contributed by atoms with van der Waals surface area (Å²) in [7, 11) is 1.33. The molecule has 0 aliphatic heterocycles. The normalized spacial score (nSPS) is 9.64. The van der Waals surface area contributed by atoms with E-state index in [-0.39, 0.29) is 12.4 Å². The first kappa shape index (κ1) is 15.3. The Balaban J connectivity index is 2.05. The molecule has 0 radical (unpaired) electrons. The van der Waals surface area contributed by atoms with E-state index < -0.39 is 5.97 Å². The molecule has 0 aliphatic rings. The van der Waals surface area contributed by atoms with Crippen LogP contribution in [-0.2, 0) is 16.0 Å². The van der Waals surface area contributed by atoms with Crippen molar-refractivity contribution in [2.75, 3.05) is 7.11 Å². The highest BCUT2D eigenvalue weighted by Crippen LogP contribution is 2.15. The predicted octanol–water partition coefficient (Wildman–Crippen LogP) is 2.49. The van der Waals surface area contributed by atoms with Crippen LogP contribution in [0.4, 0.5) is 0 Å². The van der Waals surface area contributed by atoms with Crippen molar-refractivity contribution >= 4 is 11.9 Å². The van der Waals surface area contributed by atoms with Crippen molar-refractivity contribution in [3.8, 4) is 11.8 Å². The zero-order valence-corrected chi connectivity index (χ0v) is 11.9. The van der Waals surface area contributed by atoms with Gasteiger partial charge in [0.05, 0.1) is 30.7 Å². The van der Waals surface area contributed by atoms with Gasteiger partial charge in [-0.25, -0.2) is 4.79 Å². The van der Waals surface area contributed by atoms with Gasteiger partial charge in [0.2, 0.25) is 0 Å². The number of carbonyl (C=O) groups excluding carboxylic acids is 2. The van der Waals surface area contributed by atoms with Crippen LogP contribution in [0.2, 0.25) is 0 Å². The molecule has 2 aromatic rings. The fourth-order valence-electron chi connectivity index (χ4n) is 1.80. The van der Waals surface area contributed by atoms with Gasteiger partial charge in [0.1, 0.15) is 5.75 Å². The number of esters is 2. The molecular weight excluding hydrogens is 282 g/mol. The van der Waals surface area contributed by atoms with E-state index in [4.69, 9.17) is 10.00 Å². The molecular formula is C17H13NO4. The average molecular weight is 295 g/mol. The van der Waals surface area contributed by atoms with Gasteiger partial charge in [-0.1, -0.05) is 18.2 Å². The lowest BCUT2D eigenvalue weighted by atomic mass is 10.1. The number of carbonyl (C=O) groups is 2. The van der Waals surface area contributed by atoms with E-state index in [9.17, 15) is 9.59 Å². The van der Waals surface area contributed by atoms with Gasteiger partial charge in [-0.3, -0.25) is 4.79 Å². The number of hydrogen-bond donors (Lipinski definition) is 0. The maximum absolute atomic E-state index is 12.0. The Morgan fingerprint density at radius 2 is 1.86 bits per heavy atom. The highest BCUT2D eigenvalue weighted by molar-refractivity contribution is 5.91.